The number of methoxy groups -OCH3 is 1. The maximum Gasteiger partial charge on any atom is 0.415 e. The third kappa shape index (κ3) is 4.34. The summed E-state index contributed by atoms with van der Waals surface area (Å²) < 4.78 is 13.0. The monoisotopic (exact) mass is 396 g/mol. The maximum absolute atomic E-state index is 13.1. The Hall–Kier alpha value is -3.09. The van der Waals surface area contributed by atoms with Crippen molar-refractivity contribution in [1.29, 1.82) is 0 Å². The Labute approximate surface area is 171 Å². The number of hydrogen-bond donors (Lipinski definition) is 0. The van der Waals surface area contributed by atoms with Crippen molar-refractivity contribution in [2.24, 2.45) is 7.05 Å². The summed E-state index contributed by atoms with van der Waals surface area (Å²) in [5, 5.41) is 5.29. The average molecular weight is 396 g/mol. The number of carbonyl (C=O) groups is 1. The van der Waals surface area contributed by atoms with Crippen molar-refractivity contribution >= 4 is 22.7 Å². The molecule has 0 saturated heterocycles. The highest BCUT2D eigenvalue weighted by Gasteiger charge is 2.25. The molecular formula is C22H28N4O3. The molecule has 0 radical (unpaired) electrons. The molecule has 0 aliphatic rings. The number of aryl methyl sites for hydroxylation is 2. The molecule has 1 aromatic carbocycles. The summed E-state index contributed by atoms with van der Waals surface area (Å²) in [4.78, 5) is 19.2. The SMILES string of the molecule is COc1c(C)cnc(CN(C(=O)OC(C)(C)C)c2ccc3cnn(C)c3c2)c1C. The summed E-state index contributed by atoms with van der Waals surface area (Å²) in [6.07, 6.45) is 3.13. The van der Waals surface area contributed by atoms with Gasteiger partial charge in [-0.05, 0) is 52.8 Å². The fourth-order valence-electron chi connectivity index (χ4n) is 3.26. The Morgan fingerprint density at radius 2 is 1.93 bits per heavy atom. The zero-order valence-corrected chi connectivity index (χ0v) is 18.1. The van der Waals surface area contributed by atoms with Gasteiger partial charge in [0.2, 0.25) is 0 Å². The van der Waals surface area contributed by atoms with Gasteiger partial charge in [-0.2, -0.15) is 5.10 Å². The van der Waals surface area contributed by atoms with Crippen LogP contribution >= 0.6 is 0 Å². The molecule has 0 fully saturated rings. The van der Waals surface area contributed by atoms with Crippen molar-refractivity contribution in [3.05, 3.63) is 47.4 Å². The molecule has 154 valence electrons. The smallest absolute Gasteiger partial charge is 0.415 e. The van der Waals surface area contributed by atoms with Crippen LogP contribution in [0.25, 0.3) is 10.9 Å². The van der Waals surface area contributed by atoms with E-state index < -0.39 is 11.7 Å². The lowest BCUT2D eigenvalue weighted by molar-refractivity contribution is 0.0577. The van der Waals surface area contributed by atoms with Crippen LogP contribution in [0.15, 0.2) is 30.6 Å². The van der Waals surface area contributed by atoms with Gasteiger partial charge in [0.15, 0.2) is 0 Å². The molecule has 0 atom stereocenters. The fraction of sp³-hybridized carbons (Fsp3) is 0.409. The molecular weight excluding hydrogens is 368 g/mol. The van der Waals surface area contributed by atoms with Gasteiger partial charge in [0.05, 0.1) is 31.1 Å². The molecule has 2 heterocycles. The molecule has 29 heavy (non-hydrogen) atoms. The number of benzene rings is 1. The third-order valence-electron chi connectivity index (χ3n) is 4.72. The number of hydrogen-bond acceptors (Lipinski definition) is 5. The van der Waals surface area contributed by atoms with Gasteiger partial charge in [-0.25, -0.2) is 4.79 Å². The number of nitrogens with zero attached hydrogens (tertiary/aromatic N) is 4. The summed E-state index contributed by atoms with van der Waals surface area (Å²) in [7, 11) is 3.52. The van der Waals surface area contributed by atoms with Crippen molar-refractivity contribution < 1.29 is 14.3 Å². The Balaban J connectivity index is 2.05. The summed E-state index contributed by atoms with van der Waals surface area (Å²) in [5.74, 6) is 0.779. The molecule has 0 bridgehead atoms. The molecule has 3 rings (SSSR count). The standard InChI is InChI=1S/C22H28N4O3/c1-14-11-23-18(15(2)20(14)28-7)13-26(21(27)29-22(3,4)5)17-9-8-16-12-24-25(6)19(16)10-17/h8-12H,13H2,1-7H3. The minimum atomic E-state index is -0.612. The first-order chi connectivity index (χ1) is 13.6. The van der Waals surface area contributed by atoms with Crippen LogP contribution in [0.5, 0.6) is 5.75 Å². The van der Waals surface area contributed by atoms with Gasteiger partial charge in [-0.1, -0.05) is 0 Å². The molecule has 0 unspecified atom stereocenters. The quantitative estimate of drug-likeness (QED) is 0.648. The van der Waals surface area contributed by atoms with Crippen molar-refractivity contribution in [1.82, 2.24) is 14.8 Å². The second-order valence-corrected chi connectivity index (χ2v) is 8.12. The van der Waals surface area contributed by atoms with Gasteiger partial charge in [0.1, 0.15) is 11.4 Å². The predicted molar refractivity (Wildman–Crippen MR) is 113 cm³/mol. The van der Waals surface area contributed by atoms with E-state index in [9.17, 15) is 4.79 Å². The van der Waals surface area contributed by atoms with E-state index in [-0.39, 0.29) is 6.54 Å². The average Bonchev–Trinajstić information content (AvgIpc) is 3.00. The van der Waals surface area contributed by atoms with Crippen molar-refractivity contribution in [3.63, 3.8) is 0 Å². The Bertz CT molecular complexity index is 1050. The van der Waals surface area contributed by atoms with Crippen molar-refractivity contribution in [2.45, 2.75) is 46.8 Å². The van der Waals surface area contributed by atoms with E-state index >= 15 is 0 Å². The Kier molecular flexibility index (Phi) is 5.50. The minimum absolute atomic E-state index is 0.265. The highest BCUT2D eigenvalue weighted by atomic mass is 16.6. The normalized spacial score (nSPS) is 11.6. The molecule has 0 saturated carbocycles. The lowest BCUT2D eigenvalue weighted by atomic mass is 10.1. The van der Waals surface area contributed by atoms with E-state index in [1.807, 2.05) is 59.9 Å². The van der Waals surface area contributed by atoms with Crippen molar-refractivity contribution in [3.8, 4) is 5.75 Å². The first kappa shape index (κ1) is 20.6. The van der Waals surface area contributed by atoms with Crippen molar-refractivity contribution in [2.75, 3.05) is 12.0 Å². The summed E-state index contributed by atoms with van der Waals surface area (Å²) in [5.41, 5.74) is 3.65. The maximum atomic E-state index is 13.1. The van der Waals surface area contributed by atoms with E-state index in [0.29, 0.717) is 0 Å². The first-order valence-electron chi connectivity index (χ1n) is 9.52. The highest BCUT2D eigenvalue weighted by Crippen LogP contribution is 2.29. The molecule has 0 spiro atoms. The van der Waals surface area contributed by atoms with Crippen LogP contribution < -0.4 is 9.64 Å². The summed E-state index contributed by atoms with van der Waals surface area (Å²) in [6.45, 7) is 9.72. The second-order valence-electron chi connectivity index (χ2n) is 8.12. The summed E-state index contributed by atoms with van der Waals surface area (Å²) >= 11 is 0. The van der Waals surface area contributed by atoms with Crippen LogP contribution in [0.4, 0.5) is 10.5 Å². The minimum Gasteiger partial charge on any atom is -0.496 e. The molecule has 7 nitrogen and oxygen atoms in total. The van der Waals surface area contributed by atoms with Gasteiger partial charge in [0, 0.05) is 35.4 Å². The summed E-state index contributed by atoms with van der Waals surface area (Å²) in [6, 6.07) is 5.78. The molecule has 1 amide bonds. The lowest BCUT2D eigenvalue weighted by Crippen LogP contribution is -2.37. The van der Waals surface area contributed by atoms with Gasteiger partial charge in [-0.3, -0.25) is 14.6 Å². The number of anilines is 1. The Morgan fingerprint density at radius 1 is 1.21 bits per heavy atom. The van der Waals surface area contributed by atoms with Crippen LogP contribution in [0.2, 0.25) is 0 Å². The molecule has 2 aromatic heterocycles. The predicted octanol–water partition coefficient (Wildman–Crippen LogP) is 4.54. The second kappa shape index (κ2) is 7.73. The zero-order valence-electron chi connectivity index (χ0n) is 18.1. The van der Waals surface area contributed by atoms with Gasteiger partial charge in [-0.15, -0.1) is 0 Å². The number of rotatable bonds is 4. The van der Waals surface area contributed by atoms with E-state index in [4.69, 9.17) is 9.47 Å². The third-order valence-corrected chi connectivity index (χ3v) is 4.72. The molecule has 3 aromatic rings. The van der Waals surface area contributed by atoms with Gasteiger partial charge >= 0.3 is 6.09 Å². The van der Waals surface area contributed by atoms with Crippen LogP contribution in [-0.2, 0) is 18.3 Å². The molecule has 0 aliphatic heterocycles. The molecule has 0 N–H and O–H groups in total. The van der Waals surface area contributed by atoms with Gasteiger partial charge in [0.25, 0.3) is 0 Å². The number of pyridine rings is 1. The lowest BCUT2D eigenvalue weighted by Gasteiger charge is -2.28. The molecule has 7 heteroatoms. The Morgan fingerprint density at radius 3 is 2.59 bits per heavy atom. The highest BCUT2D eigenvalue weighted by molar-refractivity contribution is 5.91. The number of fused-ring (bicyclic) bond motifs is 1. The van der Waals surface area contributed by atoms with Crippen LogP contribution in [-0.4, -0.2) is 33.6 Å². The van der Waals surface area contributed by atoms with E-state index in [1.54, 1.807) is 29.1 Å². The first-order valence-corrected chi connectivity index (χ1v) is 9.52. The van der Waals surface area contributed by atoms with Crippen LogP contribution in [0.3, 0.4) is 0 Å². The van der Waals surface area contributed by atoms with E-state index in [2.05, 4.69) is 10.1 Å². The number of ether oxygens (including phenoxy) is 2. The topological polar surface area (TPSA) is 69.5 Å². The number of amides is 1. The fourth-order valence-corrected chi connectivity index (χ4v) is 3.26. The van der Waals surface area contributed by atoms with Crippen LogP contribution in [0.1, 0.15) is 37.6 Å². The number of carbonyl (C=O) groups excluding carboxylic acids is 1. The van der Waals surface area contributed by atoms with E-state index in [0.717, 1.165) is 39.2 Å². The van der Waals surface area contributed by atoms with Crippen LogP contribution in [0, 0.1) is 13.8 Å². The molecule has 0 aliphatic carbocycles. The number of aromatic nitrogens is 3. The zero-order chi connectivity index (χ0) is 21.3. The van der Waals surface area contributed by atoms with Gasteiger partial charge < -0.3 is 9.47 Å². The largest absolute Gasteiger partial charge is 0.496 e. The van der Waals surface area contributed by atoms with E-state index in [1.165, 1.54) is 0 Å².